The predicted molar refractivity (Wildman–Crippen MR) is 108 cm³/mol. The van der Waals surface area contributed by atoms with Gasteiger partial charge in [-0.2, -0.15) is 0 Å². The molecule has 0 aromatic carbocycles. The van der Waals surface area contributed by atoms with Crippen LogP contribution >= 0.6 is 11.8 Å². The number of rotatable bonds is 5. The van der Waals surface area contributed by atoms with Crippen LogP contribution in [0.3, 0.4) is 0 Å². The lowest BCUT2D eigenvalue weighted by Crippen LogP contribution is -2.37. The first-order chi connectivity index (χ1) is 13.1. The highest BCUT2D eigenvalue weighted by molar-refractivity contribution is 7.98. The maximum Gasteiger partial charge on any atom is 0.256 e. The van der Waals surface area contributed by atoms with E-state index >= 15 is 0 Å². The summed E-state index contributed by atoms with van der Waals surface area (Å²) in [5.41, 5.74) is 2.67. The molecular weight excluding hydrogens is 358 g/mol. The third-order valence-electron chi connectivity index (χ3n) is 5.48. The van der Waals surface area contributed by atoms with Crippen LogP contribution in [0.15, 0.2) is 27.9 Å². The lowest BCUT2D eigenvalue weighted by atomic mass is 9.95. The molecule has 1 fully saturated rings. The van der Waals surface area contributed by atoms with Crippen LogP contribution in [-0.4, -0.2) is 34.0 Å². The van der Waals surface area contributed by atoms with Crippen LogP contribution in [0, 0.1) is 13.8 Å². The van der Waals surface area contributed by atoms with E-state index in [-0.39, 0.29) is 5.91 Å². The average molecular weight is 388 g/mol. The zero-order valence-corrected chi connectivity index (χ0v) is 17.3. The van der Waals surface area contributed by atoms with Gasteiger partial charge in [-0.3, -0.25) is 4.79 Å². The molecule has 0 radical (unpaired) electrons. The van der Waals surface area contributed by atoms with Gasteiger partial charge in [0.1, 0.15) is 10.8 Å². The Balaban J connectivity index is 1.72. The number of amides is 1. The van der Waals surface area contributed by atoms with Crippen molar-refractivity contribution in [2.45, 2.75) is 75.6 Å². The highest BCUT2D eigenvalue weighted by Gasteiger charge is 2.24. The number of nitrogens with zero attached hydrogens (tertiary/aromatic N) is 3. The molecule has 1 amide bonds. The van der Waals surface area contributed by atoms with Crippen molar-refractivity contribution in [1.29, 1.82) is 0 Å². The van der Waals surface area contributed by atoms with Crippen LogP contribution in [0.25, 0.3) is 0 Å². The first-order valence-corrected chi connectivity index (χ1v) is 10.8. The van der Waals surface area contributed by atoms with E-state index < -0.39 is 0 Å². The van der Waals surface area contributed by atoms with Gasteiger partial charge in [-0.05, 0) is 38.8 Å². The quantitative estimate of drug-likeness (QED) is 0.663. The van der Waals surface area contributed by atoms with Crippen molar-refractivity contribution in [3.8, 4) is 0 Å². The average Bonchev–Trinajstić information content (AvgIpc) is 2.97. The number of aryl methyl sites for hydroxylation is 2. The molecule has 5 nitrogen and oxygen atoms in total. The summed E-state index contributed by atoms with van der Waals surface area (Å²) in [5.74, 6) is 1.61. The molecule has 1 aliphatic carbocycles. The largest absolute Gasteiger partial charge is 0.361 e. The van der Waals surface area contributed by atoms with Crippen LogP contribution in [0.1, 0.15) is 72.3 Å². The summed E-state index contributed by atoms with van der Waals surface area (Å²) in [7, 11) is 1.95. The molecule has 2 heterocycles. The molecule has 1 saturated carbocycles. The minimum atomic E-state index is 0.0786. The highest BCUT2D eigenvalue weighted by atomic mass is 32.2. The fraction of sp³-hybridized carbons (Fsp3) is 0.571. The second kappa shape index (κ2) is 9.40. The Morgan fingerprint density at radius 2 is 1.93 bits per heavy atom. The lowest BCUT2D eigenvalue weighted by molar-refractivity contribution is 0.0702. The van der Waals surface area contributed by atoms with E-state index in [1.165, 1.54) is 32.1 Å². The zero-order chi connectivity index (χ0) is 19.2. The van der Waals surface area contributed by atoms with E-state index in [1.807, 2.05) is 37.9 Å². The third-order valence-corrected chi connectivity index (χ3v) is 6.51. The molecule has 2 aromatic rings. The topological polar surface area (TPSA) is 59.2 Å². The Bertz CT molecular complexity index is 747. The van der Waals surface area contributed by atoms with Crippen LogP contribution in [0.2, 0.25) is 0 Å². The number of carbonyl (C=O) groups excluding carboxylic acids is 1. The molecule has 0 saturated heterocycles. The number of hydrogen-bond donors (Lipinski definition) is 0. The maximum atomic E-state index is 13.2. The number of aromatic nitrogens is 2. The normalized spacial score (nSPS) is 16.0. The first-order valence-electron chi connectivity index (χ1n) is 9.84. The molecule has 0 N–H and O–H groups in total. The number of thioether (sulfide) groups is 1. The van der Waals surface area contributed by atoms with Gasteiger partial charge in [0.25, 0.3) is 5.91 Å². The van der Waals surface area contributed by atoms with Gasteiger partial charge in [0.15, 0.2) is 0 Å². The molecule has 0 spiro atoms. The van der Waals surface area contributed by atoms with E-state index in [4.69, 9.17) is 4.52 Å². The standard InChI is InChI=1S/C21H29N3O2S/c1-15-19(16(2)26-23-15)14-27-20-18(12-9-13-22-20)21(25)24(3)17-10-7-5-4-6-8-11-17/h9,12-13,17H,4-8,10-11,14H2,1-3H3. The predicted octanol–water partition coefficient (Wildman–Crippen LogP) is 5.16. The molecule has 1 aliphatic rings. The molecular formula is C21H29N3O2S. The van der Waals surface area contributed by atoms with E-state index in [0.29, 0.717) is 17.4 Å². The van der Waals surface area contributed by atoms with Crippen LogP contribution in [-0.2, 0) is 5.75 Å². The number of pyridine rings is 1. The summed E-state index contributed by atoms with van der Waals surface area (Å²) in [6, 6.07) is 4.07. The molecule has 3 rings (SSSR count). The van der Waals surface area contributed by atoms with Gasteiger partial charge >= 0.3 is 0 Å². The Labute approximate surface area is 165 Å². The van der Waals surface area contributed by atoms with Crippen molar-refractivity contribution in [1.82, 2.24) is 15.0 Å². The molecule has 6 heteroatoms. The summed E-state index contributed by atoms with van der Waals surface area (Å²) in [6.07, 6.45) is 10.3. The molecule has 2 aromatic heterocycles. The second-order valence-corrected chi connectivity index (χ2v) is 8.33. The lowest BCUT2D eigenvalue weighted by Gasteiger charge is -2.30. The Morgan fingerprint density at radius 3 is 2.59 bits per heavy atom. The van der Waals surface area contributed by atoms with Crippen molar-refractivity contribution >= 4 is 17.7 Å². The zero-order valence-electron chi connectivity index (χ0n) is 16.5. The number of carbonyl (C=O) groups is 1. The van der Waals surface area contributed by atoms with Crippen molar-refractivity contribution in [3.05, 3.63) is 40.9 Å². The molecule has 0 unspecified atom stereocenters. The Hall–Kier alpha value is -1.82. The van der Waals surface area contributed by atoms with E-state index in [1.54, 1.807) is 18.0 Å². The van der Waals surface area contributed by atoms with Gasteiger partial charge < -0.3 is 9.42 Å². The molecule has 27 heavy (non-hydrogen) atoms. The fourth-order valence-electron chi connectivity index (χ4n) is 3.69. The third kappa shape index (κ3) is 4.92. The maximum absolute atomic E-state index is 13.2. The van der Waals surface area contributed by atoms with Gasteiger partial charge in [-0.1, -0.05) is 37.3 Å². The Morgan fingerprint density at radius 1 is 1.22 bits per heavy atom. The second-order valence-electron chi connectivity index (χ2n) is 7.36. The Kier molecular flexibility index (Phi) is 6.94. The van der Waals surface area contributed by atoms with Crippen molar-refractivity contribution in [3.63, 3.8) is 0 Å². The summed E-state index contributed by atoms with van der Waals surface area (Å²) in [4.78, 5) is 19.6. The van der Waals surface area contributed by atoms with Crippen molar-refractivity contribution < 1.29 is 9.32 Å². The number of hydrogen-bond acceptors (Lipinski definition) is 5. The van der Waals surface area contributed by atoms with Gasteiger partial charge in [-0.15, -0.1) is 11.8 Å². The van der Waals surface area contributed by atoms with Crippen molar-refractivity contribution in [2.24, 2.45) is 0 Å². The van der Waals surface area contributed by atoms with Crippen LogP contribution in [0.5, 0.6) is 0 Å². The van der Waals surface area contributed by atoms with Crippen molar-refractivity contribution in [2.75, 3.05) is 7.05 Å². The molecule has 0 bridgehead atoms. The van der Waals surface area contributed by atoms with Crippen LogP contribution < -0.4 is 0 Å². The SMILES string of the molecule is Cc1noc(C)c1CSc1ncccc1C(=O)N(C)C1CCCCCCC1. The highest BCUT2D eigenvalue weighted by Crippen LogP contribution is 2.29. The van der Waals surface area contributed by atoms with Gasteiger partial charge in [-0.25, -0.2) is 4.98 Å². The van der Waals surface area contributed by atoms with Gasteiger partial charge in [0, 0.05) is 30.6 Å². The van der Waals surface area contributed by atoms with Crippen LogP contribution in [0.4, 0.5) is 0 Å². The minimum Gasteiger partial charge on any atom is -0.361 e. The summed E-state index contributed by atoms with van der Waals surface area (Å²) < 4.78 is 5.24. The van der Waals surface area contributed by atoms with E-state index in [0.717, 1.165) is 34.9 Å². The van der Waals surface area contributed by atoms with E-state index in [2.05, 4.69) is 10.1 Å². The van der Waals surface area contributed by atoms with Gasteiger partial charge in [0.05, 0.1) is 11.3 Å². The summed E-state index contributed by atoms with van der Waals surface area (Å²) >= 11 is 1.57. The fourth-order valence-corrected chi connectivity index (χ4v) is 4.83. The molecule has 0 atom stereocenters. The monoisotopic (exact) mass is 387 g/mol. The summed E-state index contributed by atoms with van der Waals surface area (Å²) in [5, 5.41) is 4.79. The molecule has 0 aliphatic heterocycles. The van der Waals surface area contributed by atoms with E-state index in [9.17, 15) is 4.79 Å². The van der Waals surface area contributed by atoms with Gasteiger partial charge in [0.2, 0.25) is 0 Å². The minimum absolute atomic E-state index is 0.0786. The smallest absolute Gasteiger partial charge is 0.256 e. The first kappa shape index (κ1) is 19.9. The summed E-state index contributed by atoms with van der Waals surface area (Å²) in [6.45, 7) is 3.86. The molecule has 146 valence electrons.